The maximum Gasteiger partial charge on any atom is 0.136 e. The molecule has 15 heavy (non-hydrogen) atoms. The third-order valence-corrected chi connectivity index (χ3v) is 2.47. The Bertz CT molecular complexity index is 339. The number of nitrogens with one attached hydrogen (secondary N) is 1. The van der Waals surface area contributed by atoms with Gasteiger partial charge in [0.25, 0.3) is 0 Å². The van der Waals surface area contributed by atoms with Crippen LogP contribution in [0.5, 0.6) is 0 Å². The molecule has 0 aromatic carbocycles. The van der Waals surface area contributed by atoms with Crippen LogP contribution in [0.1, 0.15) is 12.0 Å². The zero-order valence-corrected chi connectivity index (χ0v) is 10.5. The summed E-state index contributed by atoms with van der Waals surface area (Å²) in [5.41, 5.74) is 2.38. The van der Waals surface area contributed by atoms with Crippen molar-refractivity contribution in [2.24, 2.45) is 0 Å². The van der Waals surface area contributed by atoms with Gasteiger partial charge in [0.05, 0.1) is 0 Å². The molecular formula is C10H13Cl3N2. The maximum absolute atomic E-state index is 5.99. The first-order valence-electron chi connectivity index (χ1n) is 4.38. The summed E-state index contributed by atoms with van der Waals surface area (Å²) in [6.45, 7) is 1.96. The lowest BCUT2D eigenvalue weighted by molar-refractivity contribution is 0.738. The van der Waals surface area contributed by atoms with Crippen LogP contribution in [-0.4, -0.2) is 18.1 Å². The highest BCUT2D eigenvalue weighted by Crippen LogP contribution is 2.24. The van der Waals surface area contributed by atoms with Crippen LogP contribution >= 0.6 is 36.4 Å². The van der Waals surface area contributed by atoms with E-state index in [-0.39, 0.29) is 24.8 Å². The molecule has 2 heterocycles. The van der Waals surface area contributed by atoms with E-state index in [0.717, 1.165) is 25.1 Å². The van der Waals surface area contributed by atoms with Gasteiger partial charge in [0.15, 0.2) is 0 Å². The lowest BCUT2D eigenvalue weighted by Crippen LogP contribution is -2.20. The van der Waals surface area contributed by atoms with Gasteiger partial charge in [-0.25, -0.2) is 4.98 Å². The lowest BCUT2D eigenvalue weighted by Gasteiger charge is -2.14. The first-order valence-corrected chi connectivity index (χ1v) is 4.76. The predicted octanol–water partition coefficient (Wildman–Crippen LogP) is 2.96. The Morgan fingerprint density at radius 3 is 2.73 bits per heavy atom. The molecule has 1 aromatic heterocycles. The minimum Gasteiger partial charge on any atom is -0.313 e. The Hall–Kier alpha value is -0.280. The van der Waals surface area contributed by atoms with Gasteiger partial charge in [-0.1, -0.05) is 23.7 Å². The average molecular weight is 268 g/mol. The second kappa shape index (κ2) is 7.07. The number of nitrogens with zero attached hydrogens (tertiary/aromatic N) is 1. The van der Waals surface area contributed by atoms with Crippen LogP contribution in [0, 0.1) is 0 Å². The van der Waals surface area contributed by atoms with Crippen molar-refractivity contribution in [2.45, 2.75) is 6.42 Å². The minimum absolute atomic E-state index is 0. The molecule has 0 saturated carbocycles. The third kappa shape index (κ3) is 3.65. The van der Waals surface area contributed by atoms with Gasteiger partial charge in [-0.3, -0.25) is 0 Å². The molecule has 0 amide bonds. The van der Waals surface area contributed by atoms with E-state index in [1.165, 1.54) is 5.57 Å². The fourth-order valence-electron chi connectivity index (χ4n) is 1.49. The Kier molecular flexibility index (Phi) is 6.94. The normalized spacial score (nSPS) is 14.6. The molecule has 1 aliphatic heterocycles. The molecule has 0 saturated heterocycles. The van der Waals surface area contributed by atoms with Crippen molar-refractivity contribution in [2.75, 3.05) is 13.1 Å². The van der Waals surface area contributed by atoms with E-state index >= 15 is 0 Å². The van der Waals surface area contributed by atoms with Crippen molar-refractivity contribution in [3.8, 4) is 0 Å². The summed E-state index contributed by atoms with van der Waals surface area (Å²) in [6.07, 6.45) is 4.92. The summed E-state index contributed by atoms with van der Waals surface area (Å²) < 4.78 is 0. The standard InChI is InChI=1S/C10H11ClN2.2ClH/c11-10-9(2-1-5-13-10)8-3-6-12-7-4-8;;/h1-3,5,12H,4,6-7H2;2*1H. The summed E-state index contributed by atoms with van der Waals surface area (Å²) in [4.78, 5) is 4.06. The van der Waals surface area contributed by atoms with Crippen LogP contribution in [0.15, 0.2) is 24.4 Å². The van der Waals surface area contributed by atoms with E-state index in [1.54, 1.807) is 6.20 Å². The zero-order valence-electron chi connectivity index (χ0n) is 8.07. The van der Waals surface area contributed by atoms with Gasteiger partial charge in [-0.15, -0.1) is 24.8 Å². The quantitative estimate of drug-likeness (QED) is 0.792. The molecule has 0 fully saturated rings. The monoisotopic (exact) mass is 266 g/mol. The number of halogens is 3. The second-order valence-electron chi connectivity index (χ2n) is 3.03. The Morgan fingerprint density at radius 2 is 2.13 bits per heavy atom. The highest BCUT2D eigenvalue weighted by atomic mass is 35.5. The van der Waals surface area contributed by atoms with Crippen molar-refractivity contribution < 1.29 is 0 Å². The summed E-state index contributed by atoms with van der Waals surface area (Å²) in [6, 6.07) is 3.94. The first-order chi connectivity index (χ1) is 6.38. The maximum atomic E-state index is 5.99. The fraction of sp³-hybridized carbons (Fsp3) is 0.300. The molecule has 0 aliphatic carbocycles. The van der Waals surface area contributed by atoms with Crippen LogP contribution in [0.3, 0.4) is 0 Å². The Balaban J connectivity index is 0.000000980. The van der Waals surface area contributed by atoms with Crippen molar-refractivity contribution in [1.82, 2.24) is 10.3 Å². The molecule has 1 aromatic rings. The molecule has 84 valence electrons. The molecule has 0 radical (unpaired) electrons. The average Bonchev–Trinajstić information content (AvgIpc) is 2.20. The van der Waals surface area contributed by atoms with Gasteiger partial charge in [0.1, 0.15) is 5.15 Å². The molecule has 2 rings (SSSR count). The minimum atomic E-state index is 0. The molecule has 2 nitrogen and oxygen atoms in total. The summed E-state index contributed by atoms with van der Waals surface area (Å²) in [5, 5.41) is 3.87. The van der Waals surface area contributed by atoms with E-state index < -0.39 is 0 Å². The number of hydrogen-bond donors (Lipinski definition) is 1. The molecule has 0 bridgehead atoms. The van der Waals surface area contributed by atoms with E-state index in [4.69, 9.17) is 11.6 Å². The molecule has 0 atom stereocenters. The van der Waals surface area contributed by atoms with Crippen LogP contribution in [0.2, 0.25) is 5.15 Å². The van der Waals surface area contributed by atoms with Crippen LogP contribution in [0.4, 0.5) is 0 Å². The number of hydrogen-bond acceptors (Lipinski definition) is 2. The topological polar surface area (TPSA) is 24.9 Å². The van der Waals surface area contributed by atoms with Crippen molar-refractivity contribution in [1.29, 1.82) is 0 Å². The van der Waals surface area contributed by atoms with E-state index in [9.17, 15) is 0 Å². The lowest BCUT2D eigenvalue weighted by atomic mass is 10.0. The number of rotatable bonds is 1. The van der Waals surface area contributed by atoms with Crippen LogP contribution in [-0.2, 0) is 0 Å². The third-order valence-electron chi connectivity index (χ3n) is 2.17. The van der Waals surface area contributed by atoms with Crippen LogP contribution < -0.4 is 5.32 Å². The highest BCUT2D eigenvalue weighted by molar-refractivity contribution is 6.31. The summed E-state index contributed by atoms with van der Waals surface area (Å²) in [5.74, 6) is 0. The molecule has 0 unspecified atom stereocenters. The molecule has 1 N–H and O–H groups in total. The van der Waals surface area contributed by atoms with E-state index in [2.05, 4.69) is 16.4 Å². The smallest absolute Gasteiger partial charge is 0.136 e. The van der Waals surface area contributed by atoms with E-state index in [0.29, 0.717) is 5.15 Å². The SMILES string of the molecule is Cl.Cl.Clc1ncccc1C1=CCNCC1. The molecular weight excluding hydrogens is 254 g/mol. The zero-order chi connectivity index (χ0) is 9.10. The molecule has 5 heteroatoms. The Morgan fingerprint density at radius 1 is 1.33 bits per heavy atom. The van der Waals surface area contributed by atoms with Crippen molar-refractivity contribution in [3.05, 3.63) is 35.1 Å². The fourth-order valence-corrected chi connectivity index (χ4v) is 1.73. The largest absolute Gasteiger partial charge is 0.313 e. The highest BCUT2D eigenvalue weighted by Gasteiger charge is 2.08. The van der Waals surface area contributed by atoms with Gasteiger partial charge in [-0.2, -0.15) is 0 Å². The van der Waals surface area contributed by atoms with Gasteiger partial charge in [0, 0.05) is 18.3 Å². The number of aromatic nitrogens is 1. The molecule has 0 spiro atoms. The summed E-state index contributed by atoms with van der Waals surface area (Å²) >= 11 is 5.99. The van der Waals surface area contributed by atoms with Crippen molar-refractivity contribution >= 4 is 42.0 Å². The van der Waals surface area contributed by atoms with Gasteiger partial charge in [0.2, 0.25) is 0 Å². The predicted molar refractivity (Wildman–Crippen MR) is 69.2 cm³/mol. The molecule has 1 aliphatic rings. The first kappa shape index (κ1) is 14.7. The summed E-state index contributed by atoms with van der Waals surface area (Å²) in [7, 11) is 0. The number of pyridine rings is 1. The van der Waals surface area contributed by atoms with Gasteiger partial charge >= 0.3 is 0 Å². The van der Waals surface area contributed by atoms with Gasteiger partial charge in [-0.05, 0) is 24.6 Å². The van der Waals surface area contributed by atoms with Crippen molar-refractivity contribution in [3.63, 3.8) is 0 Å². The van der Waals surface area contributed by atoms with Crippen LogP contribution in [0.25, 0.3) is 5.57 Å². The van der Waals surface area contributed by atoms with Gasteiger partial charge < -0.3 is 5.32 Å². The second-order valence-corrected chi connectivity index (χ2v) is 3.38. The van der Waals surface area contributed by atoms with E-state index in [1.807, 2.05) is 12.1 Å². The Labute approximate surface area is 107 Å².